The molecule has 1 amide bonds. The Hall–Kier alpha value is -3.33. The summed E-state index contributed by atoms with van der Waals surface area (Å²) < 4.78 is 44.6. The standard InChI is InChI=1S/C26H29NO7S/c1-4-33-26(29)24-17(2)34-23-15-10-19(16-22(23)24)27(25(28)18-8-6-5-7-9-18)35(30,31)21-13-11-20(32-3)12-14-21/h10-16,18H,4-9H2,1-3H3. The second-order valence-electron chi connectivity index (χ2n) is 8.55. The van der Waals surface area contributed by atoms with Crippen molar-refractivity contribution in [3.05, 3.63) is 53.8 Å². The lowest BCUT2D eigenvalue weighted by molar-refractivity contribution is -0.122. The van der Waals surface area contributed by atoms with Crippen LogP contribution in [0.1, 0.15) is 55.1 Å². The zero-order chi connectivity index (χ0) is 25.2. The van der Waals surface area contributed by atoms with Crippen molar-refractivity contribution in [2.75, 3.05) is 18.0 Å². The summed E-state index contributed by atoms with van der Waals surface area (Å²) in [5, 5.41) is 0.393. The Balaban J connectivity index is 1.86. The summed E-state index contributed by atoms with van der Waals surface area (Å²) in [7, 11) is -2.76. The van der Waals surface area contributed by atoms with Gasteiger partial charge in [0.05, 0.1) is 24.3 Å². The summed E-state index contributed by atoms with van der Waals surface area (Å²) in [6.45, 7) is 3.53. The number of amides is 1. The van der Waals surface area contributed by atoms with Crippen molar-refractivity contribution < 1.29 is 31.9 Å². The van der Waals surface area contributed by atoms with Gasteiger partial charge in [0.25, 0.3) is 10.0 Å². The van der Waals surface area contributed by atoms with Gasteiger partial charge in [-0.1, -0.05) is 19.3 Å². The number of hydrogen-bond donors (Lipinski definition) is 0. The molecule has 0 N–H and O–H groups in total. The number of rotatable bonds is 7. The van der Waals surface area contributed by atoms with E-state index in [1.165, 1.54) is 43.5 Å². The summed E-state index contributed by atoms with van der Waals surface area (Å²) in [6.07, 6.45) is 4.04. The molecule has 1 aliphatic rings. The summed E-state index contributed by atoms with van der Waals surface area (Å²) >= 11 is 0. The molecule has 1 aliphatic carbocycles. The first-order valence-electron chi connectivity index (χ1n) is 11.7. The van der Waals surface area contributed by atoms with Crippen LogP contribution in [0.5, 0.6) is 5.75 Å². The average molecular weight is 500 g/mol. The summed E-state index contributed by atoms with van der Waals surface area (Å²) in [6, 6.07) is 10.5. The number of carbonyl (C=O) groups excluding carboxylic acids is 2. The molecule has 2 aromatic carbocycles. The van der Waals surface area contributed by atoms with E-state index in [1.54, 1.807) is 19.9 Å². The Morgan fingerprint density at radius 3 is 2.37 bits per heavy atom. The lowest BCUT2D eigenvalue weighted by atomic mass is 9.88. The number of aryl methyl sites for hydroxylation is 1. The first-order valence-corrected chi connectivity index (χ1v) is 13.2. The van der Waals surface area contributed by atoms with Crippen molar-refractivity contribution in [3.8, 4) is 5.75 Å². The predicted molar refractivity (Wildman–Crippen MR) is 131 cm³/mol. The molecule has 35 heavy (non-hydrogen) atoms. The molecule has 186 valence electrons. The molecule has 0 spiro atoms. The van der Waals surface area contributed by atoms with E-state index in [0.717, 1.165) is 23.6 Å². The molecule has 0 unspecified atom stereocenters. The maximum absolute atomic E-state index is 13.8. The van der Waals surface area contributed by atoms with E-state index in [-0.39, 0.29) is 22.8 Å². The second kappa shape index (κ2) is 10.1. The fourth-order valence-corrected chi connectivity index (χ4v) is 6.01. The zero-order valence-corrected chi connectivity index (χ0v) is 20.9. The van der Waals surface area contributed by atoms with E-state index >= 15 is 0 Å². The van der Waals surface area contributed by atoms with Crippen molar-refractivity contribution >= 4 is 38.6 Å². The highest BCUT2D eigenvalue weighted by Crippen LogP contribution is 2.35. The highest BCUT2D eigenvalue weighted by atomic mass is 32.2. The Morgan fingerprint density at radius 2 is 1.74 bits per heavy atom. The fourth-order valence-electron chi connectivity index (χ4n) is 4.54. The number of hydrogen-bond acceptors (Lipinski definition) is 7. The molecule has 4 rings (SSSR count). The normalized spacial score (nSPS) is 14.6. The summed E-state index contributed by atoms with van der Waals surface area (Å²) in [5.41, 5.74) is 0.770. The Morgan fingerprint density at radius 1 is 1.06 bits per heavy atom. The largest absolute Gasteiger partial charge is 0.497 e. The molecule has 9 heteroatoms. The maximum Gasteiger partial charge on any atom is 0.342 e. The third-order valence-electron chi connectivity index (χ3n) is 6.31. The monoisotopic (exact) mass is 499 g/mol. The van der Waals surface area contributed by atoms with Gasteiger partial charge in [0.15, 0.2) is 0 Å². The number of esters is 1. The minimum Gasteiger partial charge on any atom is -0.497 e. The number of carbonyl (C=O) groups is 2. The van der Waals surface area contributed by atoms with Gasteiger partial charge < -0.3 is 13.9 Å². The molecular formula is C26H29NO7S. The van der Waals surface area contributed by atoms with Crippen LogP contribution in [0.25, 0.3) is 11.0 Å². The van der Waals surface area contributed by atoms with Crippen LogP contribution in [0.15, 0.2) is 51.8 Å². The van der Waals surface area contributed by atoms with Crippen molar-refractivity contribution in [2.24, 2.45) is 5.92 Å². The molecule has 3 aromatic rings. The Labute approximate surface area is 204 Å². The minimum absolute atomic E-state index is 0.0310. The third-order valence-corrected chi connectivity index (χ3v) is 8.05. The van der Waals surface area contributed by atoms with Gasteiger partial charge in [-0.3, -0.25) is 4.79 Å². The number of ether oxygens (including phenoxy) is 2. The number of fused-ring (bicyclic) bond motifs is 1. The van der Waals surface area contributed by atoms with E-state index in [4.69, 9.17) is 13.9 Å². The van der Waals surface area contributed by atoms with Crippen molar-refractivity contribution in [3.63, 3.8) is 0 Å². The van der Waals surface area contributed by atoms with Crippen LogP contribution in [-0.2, 0) is 19.6 Å². The Kier molecular flexibility index (Phi) is 7.16. The minimum atomic E-state index is -4.25. The van der Waals surface area contributed by atoms with Gasteiger partial charge in [0, 0.05) is 11.3 Å². The second-order valence-corrected chi connectivity index (χ2v) is 10.3. The van der Waals surface area contributed by atoms with Gasteiger partial charge in [0.1, 0.15) is 22.7 Å². The van der Waals surface area contributed by atoms with Crippen molar-refractivity contribution in [2.45, 2.75) is 50.8 Å². The number of benzene rings is 2. The van der Waals surface area contributed by atoms with Gasteiger partial charge in [-0.15, -0.1) is 0 Å². The average Bonchev–Trinajstić information content (AvgIpc) is 3.19. The summed E-state index contributed by atoms with van der Waals surface area (Å²) in [4.78, 5) is 26.3. The van der Waals surface area contributed by atoms with Gasteiger partial charge >= 0.3 is 5.97 Å². The first kappa shape index (κ1) is 24.8. The van der Waals surface area contributed by atoms with Crippen LogP contribution in [-0.4, -0.2) is 34.0 Å². The van der Waals surface area contributed by atoms with Crippen LogP contribution in [0.2, 0.25) is 0 Å². The number of methoxy groups -OCH3 is 1. The number of anilines is 1. The van der Waals surface area contributed by atoms with E-state index in [2.05, 4.69) is 0 Å². The molecule has 1 fully saturated rings. The Bertz CT molecular complexity index is 1340. The van der Waals surface area contributed by atoms with Crippen LogP contribution < -0.4 is 9.04 Å². The van der Waals surface area contributed by atoms with Crippen LogP contribution >= 0.6 is 0 Å². The van der Waals surface area contributed by atoms with Gasteiger partial charge in [-0.25, -0.2) is 17.5 Å². The van der Waals surface area contributed by atoms with Crippen LogP contribution in [0.4, 0.5) is 5.69 Å². The van der Waals surface area contributed by atoms with Gasteiger partial charge in [0.2, 0.25) is 5.91 Å². The fraction of sp³-hybridized carbons (Fsp3) is 0.385. The molecular weight excluding hydrogens is 470 g/mol. The van der Waals surface area contributed by atoms with Crippen molar-refractivity contribution in [1.82, 2.24) is 0 Å². The molecule has 1 heterocycles. The van der Waals surface area contributed by atoms with E-state index < -0.39 is 27.8 Å². The number of sulfonamides is 1. The molecule has 0 radical (unpaired) electrons. The molecule has 0 bridgehead atoms. The number of furan rings is 1. The lowest BCUT2D eigenvalue weighted by Gasteiger charge is -2.29. The van der Waals surface area contributed by atoms with Gasteiger partial charge in [-0.2, -0.15) is 0 Å². The molecule has 1 saturated carbocycles. The predicted octanol–water partition coefficient (Wildman–Crippen LogP) is 5.23. The van der Waals surface area contributed by atoms with Crippen LogP contribution in [0.3, 0.4) is 0 Å². The van der Waals surface area contributed by atoms with Crippen molar-refractivity contribution in [1.29, 1.82) is 0 Å². The van der Waals surface area contributed by atoms with E-state index in [9.17, 15) is 18.0 Å². The maximum atomic E-state index is 13.8. The SMILES string of the molecule is CCOC(=O)c1c(C)oc2ccc(N(C(=O)C3CCCCC3)S(=O)(=O)c3ccc(OC)cc3)cc12. The van der Waals surface area contributed by atoms with Crippen LogP contribution in [0, 0.1) is 12.8 Å². The quantitative estimate of drug-likeness (QED) is 0.410. The molecule has 0 saturated heterocycles. The topological polar surface area (TPSA) is 103 Å². The van der Waals surface area contributed by atoms with Gasteiger partial charge in [-0.05, 0) is 69.2 Å². The molecule has 1 aromatic heterocycles. The summed E-state index contributed by atoms with van der Waals surface area (Å²) in [5.74, 6) is -0.577. The third kappa shape index (κ3) is 4.77. The lowest BCUT2D eigenvalue weighted by Crippen LogP contribution is -2.41. The van der Waals surface area contributed by atoms with E-state index in [1.807, 2.05) is 0 Å². The zero-order valence-electron chi connectivity index (χ0n) is 20.1. The number of nitrogens with zero attached hydrogens (tertiary/aromatic N) is 1. The van der Waals surface area contributed by atoms with E-state index in [0.29, 0.717) is 35.3 Å². The molecule has 0 aliphatic heterocycles. The molecule has 0 atom stereocenters. The molecule has 8 nitrogen and oxygen atoms in total. The first-order chi connectivity index (χ1) is 16.8. The highest BCUT2D eigenvalue weighted by Gasteiger charge is 2.36. The highest BCUT2D eigenvalue weighted by molar-refractivity contribution is 7.93. The smallest absolute Gasteiger partial charge is 0.342 e.